The molecule has 2 heteroatoms. The molecule has 16 heavy (non-hydrogen) atoms. The summed E-state index contributed by atoms with van der Waals surface area (Å²) in [6.45, 7) is 6.53. The molecular formula is C14H22FN. The van der Waals surface area contributed by atoms with Crippen molar-refractivity contribution in [2.45, 2.75) is 39.7 Å². The molecule has 0 saturated carbocycles. The van der Waals surface area contributed by atoms with Crippen molar-refractivity contribution in [3.05, 3.63) is 35.6 Å². The second-order valence-corrected chi connectivity index (χ2v) is 5.33. The molecule has 0 aliphatic heterocycles. The molecule has 1 nitrogen and oxygen atoms in total. The first-order valence-electron chi connectivity index (χ1n) is 5.85. The van der Waals surface area contributed by atoms with Crippen molar-refractivity contribution in [2.24, 2.45) is 5.41 Å². The van der Waals surface area contributed by atoms with E-state index in [9.17, 15) is 4.39 Å². The summed E-state index contributed by atoms with van der Waals surface area (Å²) in [7, 11) is 1.96. The molecule has 0 heterocycles. The van der Waals surface area contributed by atoms with E-state index in [-0.39, 0.29) is 11.2 Å². The third-order valence-corrected chi connectivity index (χ3v) is 2.98. The Morgan fingerprint density at radius 2 is 1.94 bits per heavy atom. The zero-order valence-electron chi connectivity index (χ0n) is 10.7. The summed E-state index contributed by atoms with van der Waals surface area (Å²) in [5.41, 5.74) is 0.931. The van der Waals surface area contributed by atoms with E-state index >= 15 is 0 Å². The highest BCUT2D eigenvalue weighted by molar-refractivity contribution is 5.18. The van der Waals surface area contributed by atoms with Crippen LogP contribution in [-0.2, 0) is 6.42 Å². The Hall–Kier alpha value is -0.890. The minimum atomic E-state index is -0.0901. The lowest BCUT2D eigenvalue weighted by Gasteiger charge is -2.28. The zero-order chi connectivity index (χ0) is 12.2. The highest BCUT2D eigenvalue weighted by Crippen LogP contribution is 2.28. The third-order valence-electron chi connectivity index (χ3n) is 2.98. The number of rotatable bonds is 5. The third kappa shape index (κ3) is 3.93. The highest BCUT2D eigenvalue weighted by Gasteiger charge is 2.22. The SMILES string of the molecule is CNC(C)CC(C)(C)Cc1ccccc1F. The summed E-state index contributed by atoms with van der Waals surface area (Å²) in [4.78, 5) is 0. The van der Waals surface area contributed by atoms with Crippen molar-refractivity contribution >= 4 is 0 Å². The van der Waals surface area contributed by atoms with Gasteiger partial charge in [0.25, 0.3) is 0 Å². The van der Waals surface area contributed by atoms with Gasteiger partial charge in [-0.1, -0.05) is 32.0 Å². The summed E-state index contributed by atoms with van der Waals surface area (Å²) >= 11 is 0. The largest absolute Gasteiger partial charge is 0.317 e. The molecule has 0 amide bonds. The number of hydrogen-bond donors (Lipinski definition) is 1. The first-order valence-corrected chi connectivity index (χ1v) is 5.85. The van der Waals surface area contributed by atoms with Gasteiger partial charge in [-0.25, -0.2) is 4.39 Å². The lowest BCUT2D eigenvalue weighted by atomic mass is 9.80. The Kier molecular flexibility index (Phi) is 4.48. The monoisotopic (exact) mass is 223 g/mol. The Balaban J connectivity index is 2.69. The lowest BCUT2D eigenvalue weighted by Crippen LogP contribution is -2.29. The van der Waals surface area contributed by atoms with Crippen LogP contribution in [0.15, 0.2) is 24.3 Å². The second-order valence-electron chi connectivity index (χ2n) is 5.33. The molecule has 0 radical (unpaired) electrons. The molecule has 0 fully saturated rings. The molecule has 0 aliphatic rings. The van der Waals surface area contributed by atoms with Gasteiger partial charge in [0.2, 0.25) is 0 Å². The van der Waals surface area contributed by atoms with E-state index in [2.05, 4.69) is 26.1 Å². The molecule has 0 aromatic heterocycles. The van der Waals surface area contributed by atoms with E-state index in [0.29, 0.717) is 6.04 Å². The first kappa shape index (κ1) is 13.2. The molecule has 0 spiro atoms. The Bertz CT molecular complexity index is 333. The van der Waals surface area contributed by atoms with Crippen molar-refractivity contribution in [2.75, 3.05) is 7.05 Å². The van der Waals surface area contributed by atoms with E-state index < -0.39 is 0 Å². The van der Waals surface area contributed by atoms with Crippen molar-refractivity contribution in [3.63, 3.8) is 0 Å². The van der Waals surface area contributed by atoms with Gasteiger partial charge >= 0.3 is 0 Å². The average molecular weight is 223 g/mol. The van der Waals surface area contributed by atoms with Gasteiger partial charge < -0.3 is 5.32 Å². The van der Waals surface area contributed by atoms with Crippen molar-refractivity contribution in [1.29, 1.82) is 0 Å². The van der Waals surface area contributed by atoms with Gasteiger partial charge in [-0.15, -0.1) is 0 Å². The van der Waals surface area contributed by atoms with Crippen LogP contribution in [0.2, 0.25) is 0 Å². The van der Waals surface area contributed by atoms with Gasteiger partial charge in [-0.05, 0) is 43.9 Å². The molecule has 1 rings (SSSR count). The molecule has 1 atom stereocenters. The van der Waals surface area contributed by atoms with E-state index in [4.69, 9.17) is 0 Å². The van der Waals surface area contributed by atoms with Gasteiger partial charge in [0.05, 0.1) is 0 Å². The van der Waals surface area contributed by atoms with E-state index in [0.717, 1.165) is 18.4 Å². The van der Waals surface area contributed by atoms with Crippen LogP contribution >= 0.6 is 0 Å². The first-order chi connectivity index (χ1) is 7.44. The number of nitrogens with one attached hydrogen (secondary N) is 1. The van der Waals surface area contributed by atoms with E-state index in [1.54, 1.807) is 6.07 Å². The Labute approximate surface area is 98.1 Å². The quantitative estimate of drug-likeness (QED) is 0.806. The lowest BCUT2D eigenvalue weighted by molar-refractivity contribution is 0.290. The van der Waals surface area contributed by atoms with Gasteiger partial charge in [0.1, 0.15) is 5.82 Å². The van der Waals surface area contributed by atoms with Gasteiger partial charge in [-0.2, -0.15) is 0 Å². The van der Waals surface area contributed by atoms with Crippen LogP contribution in [0.25, 0.3) is 0 Å². The summed E-state index contributed by atoms with van der Waals surface area (Å²) in [6, 6.07) is 7.51. The molecule has 1 aromatic rings. The molecule has 1 aromatic carbocycles. The maximum absolute atomic E-state index is 13.5. The van der Waals surface area contributed by atoms with Crippen LogP contribution in [0.3, 0.4) is 0 Å². The molecule has 0 bridgehead atoms. The molecule has 1 unspecified atom stereocenters. The molecular weight excluding hydrogens is 201 g/mol. The number of hydrogen-bond acceptors (Lipinski definition) is 1. The summed E-state index contributed by atoms with van der Waals surface area (Å²) < 4.78 is 13.5. The Morgan fingerprint density at radius 1 is 1.31 bits per heavy atom. The smallest absolute Gasteiger partial charge is 0.126 e. The predicted molar refractivity (Wildman–Crippen MR) is 67.0 cm³/mol. The minimum absolute atomic E-state index is 0.0901. The van der Waals surface area contributed by atoms with Gasteiger partial charge in [0, 0.05) is 6.04 Å². The fourth-order valence-corrected chi connectivity index (χ4v) is 2.16. The summed E-state index contributed by atoms with van der Waals surface area (Å²) in [5.74, 6) is -0.0901. The van der Waals surface area contributed by atoms with Crippen LogP contribution in [-0.4, -0.2) is 13.1 Å². The van der Waals surface area contributed by atoms with Crippen molar-refractivity contribution < 1.29 is 4.39 Å². The van der Waals surface area contributed by atoms with Crippen molar-refractivity contribution in [1.82, 2.24) is 5.32 Å². The maximum atomic E-state index is 13.5. The normalized spacial score (nSPS) is 13.8. The standard InChI is InChI=1S/C14H22FN/c1-11(16-4)9-14(2,3)10-12-7-5-6-8-13(12)15/h5-8,11,16H,9-10H2,1-4H3. The number of halogens is 1. The highest BCUT2D eigenvalue weighted by atomic mass is 19.1. The summed E-state index contributed by atoms with van der Waals surface area (Å²) in [5, 5.41) is 3.23. The number of benzene rings is 1. The molecule has 1 N–H and O–H groups in total. The predicted octanol–water partition coefficient (Wildman–Crippen LogP) is 3.39. The molecule has 90 valence electrons. The van der Waals surface area contributed by atoms with Crippen molar-refractivity contribution in [3.8, 4) is 0 Å². The van der Waals surface area contributed by atoms with Crippen LogP contribution in [0.5, 0.6) is 0 Å². The van der Waals surface area contributed by atoms with Crippen LogP contribution in [0.1, 0.15) is 32.8 Å². The zero-order valence-corrected chi connectivity index (χ0v) is 10.7. The average Bonchev–Trinajstić information content (AvgIpc) is 2.20. The van der Waals surface area contributed by atoms with Crippen LogP contribution in [0.4, 0.5) is 4.39 Å². The Morgan fingerprint density at radius 3 is 2.50 bits per heavy atom. The minimum Gasteiger partial charge on any atom is -0.317 e. The fraction of sp³-hybridized carbons (Fsp3) is 0.571. The fourth-order valence-electron chi connectivity index (χ4n) is 2.16. The topological polar surface area (TPSA) is 12.0 Å². The second kappa shape index (κ2) is 5.44. The van der Waals surface area contributed by atoms with E-state index in [1.807, 2.05) is 19.2 Å². The maximum Gasteiger partial charge on any atom is 0.126 e. The van der Waals surface area contributed by atoms with Gasteiger partial charge in [0.15, 0.2) is 0 Å². The van der Waals surface area contributed by atoms with Crippen LogP contribution < -0.4 is 5.32 Å². The molecule has 0 aliphatic carbocycles. The van der Waals surface area contributed by atoms with Gasteiger partial charge in [-0.3, -0.25) is 0 Å². The molecule has 0 saturated heterocycles. The summed E-state index contributed by atoms with van der Waals surface area (Å²) in [6.07, 6.45) is 1.82. The van der Waals surface area contributed by atoms with Crippen LogP contribution in [0, 0.1) is 11.2 Å². The van der Waals surface area contributed by atoms with E-state index in [1.165, 1.54) is 6.07 Å².